The molecule has 0 aliphatic heterocycles. The topological polar surface area (TPSA) is 84.0 Å². The molecule has 1 fully saturated rings. The Morgan fingerprint density at radius 2 is 2.12 bits per heavy atom. The molecule has 0 bridgehead atoms. The maximum atomic E-state index is 12.0. The molecule has 17 heavy (non-hydrogen) atoms. The molecule has 4 N–H and O–H groups in total. The van der Waals surface area contributed by atoms with E-state index < -0.39 is 6.10 Å². The predicted molar refractivity (Wildman–Crippen MR) is 67.0 cm³/mol. The van der Waals surface area contributed by atoms with Gasteiger partial charge in [0.25, 0.3) is 5.56 Å². The summed E-state index contributed by atoms with van der Waals surface area (Å²) in [5.74, 6) is 0. The zero-order valence-electron chi connectivity index (χ0n) is 10.3. The van der Waals surface area contributed by atoms with Crippen LogP contribution in [0.3, 0.4) is 0 Å². The molecule has 2 atom stereocenters. The molecule has 5 heteroatoms. The van der Waals surface area contributed by atoms with Gasteiger partial charge in [0.05, 0.1) is 17.8 Å². The third kappa shape index (κ3) is 2.24. The van der Waals surface area contributed by atoms with Gasteiger partial charge in [-0.1, -0.05) is 26.2 Å². The van der Waals surface area contributed by atoms with E-state index in [-0.39, 0.29) is 11.6 Å². The van der Waals surface area contributed by atoms with Gasteiger partial charge in [-0.15, -0.1) is 0 Å². The van der Waals surface area contributed by atoms with Crippen LogP contribution < -0.4 is 11.3 Å². The molecule has 1 aromatic rings. The van der Waals surface area contributed by atoms with Crippen molar-refractivity contribution in [3.05, 3.63) is 16.0 Å². The van der Waals surface area contributed by atoms with Gasteiger partial charge in [-0.2, -0.15) is 0 Å². The highest BCUT2D eigenvalue weighted by Gasteiger charge is 2.26. The highest BCUT2D eigenvalue weighted by Crippen LogP contribution is 2.26. The first kappa shape index (κ1) is 12.2. The molecule has 96 valence electrons. The zero-order valence-corrected chi connectivity index (χ0v) is 10.3. The number of rotatable bonds is 2. The summed E-state index contributed by atoms with van der Waals surface area (Å²) in [5.41, 5.74) is 6.64. The van der Waals surface area contributed by atoms with Crippen LogP contribution in [0.25, 0.3) is 0 Å². The molecular formula is C12H21N3O2. The van der Waals surface area contributed by atoms with Crippen LogP contribution in [0, 0.1) is 0 Å². The van der Waals surface area contributed by atoms with Crippen molar-refractivity contribution >= 4 is 5.69 Å². The number of hydrogen-bond acceptors (Lipinski definition) is 3. The van der Waals surface area contributed by atoms with Gasteiger partial charge in [0.15, 0.2) is 0 Å². The minimum atomic E-state index is -0.446. The standard InChI is InChI=1S/C12H21N3O2/c1-2-8-11(13)12(17)15(14-8)9-6-4-3-5-7-10(9)16/h9-10,14,16H,2-7,13H2,1H3. The van der Waals surface area contributed by atoms with Gasteiger partial charge in [0, 0.05) is 0 Å². The Labute approximate surface area is 101 Å². The number of aromatic nitrogens is 2. The average molecular weight is 239 g/mol. The maximum absolute atomic E-state index is 12.0. The van der Waals surface area contributed by atoms with Gasteiger partial charge in [-0.05, 0) is 19.3 Å². The van der Waals surface area contributed by atoms with E-state index >= 15 is 0 Å². The molecule has 1 saturated carbocycles. The number of aromatic amines is 1. The first-order valence-electron chi connectivity index (χ1n) is 6.42. The Hall–Kier alpha value is -1.23. The third-order valence-corrected chi connectivity index (χ3v) is 3.66. The largest absolute Gasteiger partial charge is 0.393 e. The number of hydrogen-bond donors (Lipinski definition) is 3. The lowest BCUT2D eigenvalue weighted by Gasteiger charge is -2.20. The quantitative estimate of drug-likeness (QED) is 0.678. The van der Waals surface area contributed by atoms with Crippen molar-refractivity contribution < 1.29 is 5.11 Å². The van der Waals surface area contributed by atoms with Crippen molar-refractivity contribution in [2.75, 3.05) is 5.73 Å². The third-order valence-electron chi connectivity index (χ3n) is 3.66. The number of aliphatic hydroxyl groups excluding tert-OH is 1. The van der Waals surface area contributed by atoms with Crippen LogP contribution in [0.5, 0.6) is 0 Å². The Balaban J connectivity index is 2.35. The first-order valence-corrected chi connectivity index (χ1v) is 6.42. The van der Waals surface area contributed by atoms with Crippen LogP contribution in [-0.4, -0.2) is 21.0 Å². The Bertz CT molecular complexity index is 435. The summed E-state index contributed by atoms with van der Waals surface area (Å²) in [6.45, 7) is 1.95. The summed E-state index contributed by atoms with van der Waals surface area (Å²) >= 11 is 0. The van der Waals surface area contributed by atoms with Crippen molar-refractivity contribution in [2.45, 2.75) is 57.6 Å². The van der Waals surface area contributed by atoms with Crippen molar-refractivity contribution in [3.63, 3.8) is 0 Å². The van der Waals surface area contributed by atoms with E-state index in [1.54, 1.807) is 0 Å². The minimum Gasteiger partial charge on any atom is -0.393 e. The number of aliphatic hydroxyl groups is 1. The summed E-state index contributed by atoms with van der Waals surface area (Å²) in [6.07, 6.45) is 5.06. The van der Waals surface area contributed by atoms with E-state index in [0.717, 1.165) is 37.8 Å². The Kier molecular flexibility index (Phi) is 3.57. The summed E-state index contributed by atoms with van der Waals surface area (Å²) < 4.78 is 1.53. The van der Waals surface area contributed by atoms with E-state index in [1.807, 2.05) is 6.92 Å². The fourth-order valence-corrected chi connectivity index (χ4v) is 2.59. The lowest BCUT2D eigenvalue weighted by Crippen LogP contribution is -2.31. The number of nitrogen functional groups attached to an aromatic ring is 1. The smallest absolute Gasteiger partial charge is 0.290 e. The molecule has 1 aliphatic carbocycles. The molecule has 0 amide bonds. The van der Waals surface area contributed by atoms with E-state index in [4.69, 9.17) is 5.73 Å². The van der Waals surface area contributed by atoms with Crippen LogP contribution in [-0.2, 0) is 6.42 Å². The van der Waals surface area contributed by atoms with Crippen LogP contribution in [0.4, 0.5) is 5.69 Å². The molecule has 2 unspecified atom stereocenters. The average Bonchev–Trinajstić information content (AvgIpc) is 2.51. The Morgan fingerprint density at radius 1 is 1.41 bits per heavy atom. The molecule has 1 aromatic heterocycles. The van der Waals surface area contributed by atoms with Crippen molar-refractivity contribution in [2.24, 2.45) is 0 Å². The van der Waals surface area contributed by atoms with E-state index in [0.29, 0.717) is 12.1 Å². The lowest BCUT2D eigenvalue weighted by molar-refractivity contribution is 0.0972. The van der Waals surface area contributed by atoms with Gasteiger partial charge in [-0.3, -0.25) is 9.89 Å². The molecule has 0 saturated heterocycles. The first-order chi connectivity index (χ1) is 8.15. The molecule has 1 heterocycles. The monoisotopic (exact) mass is 239 g/mol. The number of anilines is 1. The van der Waals surface area contributed by atoms with Gasteiger partial charge in [0.1, 0.15) is 5.69 Å². The van der Waals surface area contributed by atoms with Crippen LogP contribution in [0.1, 0.15) is 50.8 Å². The Morgan fingerprint density at radius 3 is 2.76 bits per heavy atom. The highest BCUT2D eigenvalue weighted by molar-refractivity contribution is 5.40. The summed E-state index contributed by atoms with van der Waals surface area (Å²) in [5, 5.41) is 13.1. The molecule has 2 rings (SSSR count). The second kappa shape index (κ2) is 4.96. The van der Waals surface area contributed by atoms with Gasteiger partial charge in [-0.25, -0.2) is 4.68 Å². The predicted octanol–water partition coefficient (Wildman–Crippen LogP) is 1.19. The van der Waals surface area contributed by atoms with Crippen LogP contribution >= 0.6 is 0 Å². The maximum Gasteiger partial charge on any atom is 0.290 e. The van der Waals surface area contributed by atoms with Gasteiger partial charge < -0.3 is 10.8 Å². The molecule has 1 aliphatic rings. The highest BCUT2D eigenvalue weighted by atomic mass is 16.3. The molecular weight excluding hydrogens is 218 g/mol. The SMILES string of the molecule is CCc1[nH]n(C2CCCCCC2O)c(=O)c1N. The van der Waals surface area contributed by atoms with Crippen LogP contribution in [0.15, 0.2) is 4.79 Å². The second-order valence-electron chi connectivity index (χ2n) is 4.81. The van der Waals surface area contributed by atoms with Gasteiger partial charge in [0.2, 0.25) is 0 Å². The lowest BCUT2D eigenvalue weighted by atomic mass is 10.1. The number of nitrogens with two attached hydrogens (primary N) is 1. The summed E-state index contributed by atoms with van der Waals surface area (Å²) in [4.78, 5) is 12.0. The molecule has 0 radical (unpaired) electrons. The second-order valence-corrected chi connectivity index (χ2v) is 4.81. The summed E-state index contributed by atoms with van der Waals surface area (Å²) in [7, 11) is 0. The van der Waals surface area contributed by atoms with Crippen LogP contribution in [0.2, 0.25) is 0 Å². The number of H-pyrrole nitrogens is 1. The van der Waals surface area contributed by atoms with Gasteiger partial charge >= 0.3 is 0 Å². The zero-order chi connectivity index (χ0) is 12.4. The number of nitrogens with one attached hydrogen (secondary N) is 1. The van der Waals surface area contributed by atoms with Crippen molar-refractivity contribution in [1.29, 1.82) is 0 Å². The molecule has 0 spiro atoms. The fourth-order valence-electron chi connectivity index (χ4n) is 2.59. The number of nitrogens with zero attached hydrogens (tertiary/aromatic N) is 1. The summed E-state index contributed by atoms with van der Waals surface area (Å²) in [6, 6.07) is -0.146. The minimum absolute atomic E-state index is 0.146. The van der Waals surface area contributed by atoms with Crippen molar-refractivity contribution in [3.8, 4) is 0 Å². The van der Waals surface area contributed by atoms with E-state index in [1.165, 1.54) is 4.68 Å². The van der Waals surface area contributed by atoms with E-state index in [2.05, 4.69) is 5.10 Å². The van der Waals surface area contributed by atoms with Crippen molar-refractivity contribution in [1.82, 2.24) is 9.78 Å². The van der Waals surface area contributed by atoms with E-state index in [9.17, 15) is 9.90 Å². The fraction of sp³-hybridized carbons (Fsp3) is 0.750. The number of aryl methyl sites for hydroxylation is 1. The molecule has 0 aromatic carbocycles. The molecule has 5 nitrogen and oxygen atoms in total. The normalized spacial score (nSPS) is 25.8.